The normalized spacial score (nSPS) is 31.3. The second kappa shape index (κ2) is 6.08. The van der Waals surface area contributed by atoms with E-state index < -0.39 is 11.1 Å². The van der Waals surface area contributed by atoms with Crippen molar-refractivity contribution < 1.29 is 4.79 Å². The minimum absolute atomic E-state index is 0.156. The van der Waals surface area contributed by atoms with E-state index in [4.69, 9.17) is 0 Å². The molecule has 4 aliphatic carbocycles. The molecule has 6 heteroatoms. The Morgan fingerprint density at radius 3 is 2.37 bits per heavy atom. The van der Waals surface area contributed by atoms with Gasteiger partial charge in [-0.05, 0) is 68.4 Å². The van der Waals surface area contributed by atoms with Gasteiger partial charge in [0.05, 0.1) is 11.0 Å². The predicted molar refractivity (Wildman–Crippen MR) is 102 cm³/mol. The molecular formula is C21H25N3O3. The van der Waals surface area contributed by atoms with E-state index >= 15 is 0 Å². The Balaban J connectivity index is 1.33. The van der Waals surface area contributed by atoms with E-state index in [-0.39, 0.29) is 11.3 Å². The van der Waals surface area contributed by atoms with Crippen LogP contribution in [-0.4, -0.2) is 22.0 Å². The average Bonchev–Trinajstić information content (AvgIpc) is 2.63. The van der Waals surface area contributed by atoms with E-state index in [1.54, 1.807) is 6.07 Å². The number of carbonyl (C=O) groups is 1. The Morgan fingerprint density at radius 1 is 1.07 bits per heavy atom. The zero-order valence-corrected chi connectivity index (χ0v) is 15.4. The lowest BCUT2D eigenvalue weighted by atomic mass is 9.49. The summed E-state index contributed by atoms with van der Waals surface area (Å²) in [6.07, 6.45) is 7.00. The lowest BCUT2D eigenvalue weighted by Gasteiger charge is -2.55. The lowest BCUT2D eigenvalue weighted by molar-refractivity contribution is -0.146. The van der Waals surface area contributed by atoms with Crippen molar-refractivity contribution in [1.82, 2.24) is 14.9 Å². The second-order valence-electron chi connectivity index (χ2n) is 8.88. The van der Waals surface area contributed by atoms with E-state index in [0.717, 1.165) is 37.0 Å². The minimum atomic E-state index is -0.624. The van der Waals surface area contributed by atoms with Crippen molar-refractivity contribution in [2.45, 2.75) is 45.1 Å². The number of rotatable bonds is 4. The number of hydrogen-bond donors (Lipinski definition) is 2. The molecule has 142 valence electrons. The summed E-state index contributed by atoms with van der Waals surface area (Å²) in [6.45, 7) is 0.676. The molecule has 4 bridgehead atoms. The second-order valence-corrected chi connectivity index (χ2v) is 8.88. The van der Waals surface area contributed by atoms with Gasteiger partial charge in [0.2, 0.25) is 5.91 Å². The largest absolute Gasteiger partial charge is 0.354 e. The molecule has 2 aromatic rings. The van der Waals surface area contributed by atoms with Gasteiger partial charge in [-0.25, -0.2) is 0 Å². The summed E-state index contributed by atoms with van der Waals surface area (Å²) < 4.78 is 1.47. The van der Waals surface area contributed by atoms with Crippen LogP contribution in [-0.2, 0) is 11.3 Å². The minimum Gasteiger partial charge on any atom is -0.354 e. The van der Waals surface area contributed by atoms with E-state index in [1.165, 1.54) is 23.8 Å². The molecule has 0 unspecified atom stereocenters. The van der Waals surface area contributed by atoms with Gasteiger partial charge in [0.25, 0.3) is 0 Å². The highest BCUT2D eigenvalue weighted by atomic mass is 16.2. The van der Waals surface area contributed by atoms with Crippen molar-refractivity contribution in [2.24, 2.45) is 23.2 Å². The van der Waals surface area contributed by atoms with Gasteiger partial charge in [0, 0.05) is 18.5 Å². The number of para-hydroxylation sites is 2. The standard InChI is InChI=1S/C21H25N3O3/c25-18-19(26)24(17-4-2-1-3-16(17)23-18)6-5-22-20(27)21-10-13-7-14(11-21)9-15(8-13)12-21/h1-4,13-15H,5-12H2,(H,22,27)(H,23,25). The highest BCUT2D eigenvalue weighted by molar-refractivity contribution is 5.83. The van der Waals surface area contributed by atoms with Crippen molar-refractivity contribution in [3.8, 4) is 0 Å². The van der Waals surface area contributed by atoms with Gasteiger partial charge in [0.1, 0.15) is 0 Å². The van der Waals surface area contributed by atoms with Crippen molar-refractivity contribution in [2.75, 3.05) is 6.54 Å². The first-order valence-electron chi connectivity index (χ1n) is 10.0. The molecule has 6 rings (SSSR count). The van der Waals surface area contributed by atoms with Gasteiger partial charge in [-0.1, -0.05) is 12.1 Å². The van der Waals surface area contributed by atoms with Crippen molar-refractivity contribution in [3.05, 3.63) is 45.0 Å². The Hall–Kier alpha value is -2.37. The molecule has 27 heavy (non-hydrogen) atoms. The van der Waals surface area contributed by atoms with Crippen LogP contribution in [0.4, 0.5) is 0 Å². The number of aromatic nitrogens is 2. The van der Waals surface area contributed by atoms with Crippen LogP contribution in [0.25, 0.3) is 11.0 Å². The van der Waals surface area contributed by atoms with Crippen molar-refractivity contribution in [1.29, 1.82) is 0 Å². The van der Waals surface area contributed by atoms with Crippen LogP contribution >= 0.6 is 0 Å². The molecule has 0 atom stereocenters. The summed E-state index contributed by atoms with van der Waals surface area (Å²) >= 11 is 0. The first kappa shape index (κ1) is 16.8. The van der Waals surface area contributed by atoms with Crippen molar-refractivity contribution >= 4 is 16.9 Å². The van der Waals surface area contributed by atoms with E-state index in [9.17, 15) is 14.4 Å². The van der Waals surface area contributed by atoms with Gasteiger partial charge in [-0.2, -0.15) is 0 Å². The SMILES string of the molecule is O=C(NCCn1c(=O)c(=O)[nH]c2ccccc21)C12CC3CC(CC(C3)C1)C2. The third-order valence-electron chi connectivity index (χ3n) is 7.02. The summed E-state index contributed by atoms with van der Waals surface area (Å²) in [6, 6.07) is 7.25. The van der Waals surface area contributed by atoms with Crippen LogP contribution in [0.5, 0.6) is 0 Å². The summed E-state index contributed by atoms with van der Waals surface area (Å²) in [7, 11) is 0. The molecule has 0 radical (unpaired) electrons. The summed E-state index contributed by atoms with van der Waals surface area (Å²) in [5.41, 5.74) is -0.0600. The average molecular weight is 367 g/mol. The van der Waals surface area contributed by atoms with Crippen LogP contribution in [0.2, 0.25) is 0 Å². The fraction of sp³-hybridized carbons (Fsp3) is 0.571. The molecule has 6 nitrogen and oxygen atoms in total. The number of H-pyrrole nitrogens is 1. The van der Waals surface area contributed by atoms with Crippen LogP contribution in [0.3, 0.4) is 0 Å². The first-order valence-corrected chi connectivity index (χ1v) is 10.0. The molecule has 0 saturated heterocycles. The lowest BCUT2D eigenvalue weighted by Crippen LogP contribution is -2.54. The molecule has 4 aliphatic rings. The topological polar surface area (TPSA) is 84.0 Å². The highest BCUT2D eigenvalue weighted by Gasteiger charge is 2.54. The molecule has 1 aromatic heterocycles. The number of carbonyl (C=O) groups excluding carboxylic acids is 1. The number of nitrogens with one attached hydrogen (secondary N) is 2. The number of nitrogens with zero attached hydrogens (tertiary/aromatic N) is 1. The molecule has 1 amide bonds. The Kier molecular flexibility index (Phi) is 3.78. The first-order chi connectivity index (χ1) is 13.0. The molecule has 2 N–H and O–H groups in total. The predicted octanol–water partition coefficient (Wildman–Crippen LogP) is 2.02. The van der Waals surface area contributed by atoms with Crippen molar-refractivity contribution in [3.63, 3.8) is 0 Å². The van der Waals surface area contributed by atoms with Gasteiger partial charge in [-0.15, -0.1) is 0 Å². The third kappa shape index (κ3) is 2.73. The molecule has 4 saturated carbocycles. The molecule has 1 aromatic carbocycles. The summed E-state index contributed by atoms with van der Waals surface area (Å²) in [5, 5.41) is 3.09. The van der Waals surface area contributed by atoms with Crippen LogP contribution in [0.15, 0.2) is 33.9 Å². The van der Waals surface area contributed by atoms with Gasteiger partial charge in [0.15, 0.2) is 0 Å². The molecule has 0 aliphatic heterocycles. The van der Waals surface area contributed by atoms with E-state index in [1.807, 2.05) is 18.2 Å². The summed E-state index contributed by atoms with van der Waals surface area (Å²) in [4.78, 5) is 39.8. The zero-order chi connectivity index (χ0) is 18.6. The van der Waals surface area contributed by atoms with Gasteiger partial charge in [-0.3, -0.25) is 14.4 Å². The highest BCUT2D eigenvalue weighted by Crippen LogP contribution is 2.60. The third-order valence-corrected chi connectivity index (χ3v) is 7.02. The fourth-order valence-corrected chi connectivity index (χ4v) is 6.30. The molecule has 0 spiro atoms. The number of aromatic amines is 1. The maximum Gasteiger partial charge on any atom is 0.316 e. The van der Waals surface area contributed by atoms with Gasteiger partial charge >= 0.3 is 11.1 Å². The van der Waals surface area contributed by atoms with Gasteiger partial charge < -0.3 is 14.9 Å². The van der Waals surface area contributed by atoms with E-state index in [2.05, 4.69) is 10.3 Å². The number of amides is 1. The molecular weight excluding hydrogens is 342 g/mol. The van der Waals surface area contributed by atoms with E-state index in [0.29, 0.717) is 24.1 Å². The number of fused-ring (bicyclic) bond motifs is 1. The maximum atomic E-state index is 13.0. The Labute approximate surface area is 157 Å². The Morgan fingerprint density at radius 2 is 1.70 bits per heavy atom. The number of benzene rings is 1. The monoisotopic (exact) mass is 367 g/mol. The van der Waals surface area contributed by atoms with Crippen LogP contribution in [0, 0.1) is 23.2 Å². The maximum absolute atomic E-state index is 13.0. The Bertz CT molecular complexity index is 984. The molecule has 4 fully saturated rings. The van der Waals surface area contributed by atoms with Crippen LogP contribution < -0.4 is 16.4 Å². The molecule has 1 heterocycles. The fourth-order valence-electron chi connectivity index (χ4n) is 6.30. The van der Waals surface area contributed by atoms with Crippen LogP contribution in [0.1, 0.15) is 38.5 Å². The zero-order valence-electron chi connectivity index (χ0n) is 15.4. The summed E-state index contributed by atoms with van der Waals surface area (Å²) in [5.74, 6) is 2.33. The number of hydrogen-bond acceptors (Lipinski definition) is 3. The smallest absolute Gasteiger partial charge is 0.316 e. The quantitative estimate of drug-likeness (QED) is 0.811.